The highest BCUT2D eigenvalue weighted by atomic mass is 16.6. The zero-order valence-electron chi connectivity index (χ0n) is 8.77. The SMILES string of the molecule is CC(C(=O)O)c1cc2c(cc1O)OCCO2. The number of ether oxygens (including phenoxy) is 2. The second-order valence-corrected chi connectivity index (χ2v) is 3.61. The molecule has 0 saturated heterocycles. The van der Waals surface area contributed by atoms with Gasteiger partial charge in [0.05, 0.1) is 5.92 Å². The number of phenolic OH excluding ortho intramolecular Hbond substituents is 1. The Morgan fingerprint density at radius 1 is 1.31 bits per heavy atom. The molecular weight excluding hydrogens is 212 g/mol. The Kier molecular flexibility index (Phi) is 2.60. The molecular formula is C11H12O5. The molecule has 5 heteroatoms. The van der Waals surface area contributed by atoms with Crippen molar-refractivity contribution in [2.45, 2.75) is 12.8 Å². The van der Waals surface area contributed by atoms with Crippen molar-refractivity contribution in [2.75, 3.05) is 13.2 Å². The standard InChI is InChI=1S/C11H12O5/c1-6(11(13)14)7-4-9-10(5-8(7)12)16-3-2-15-9/h4-6,12H,2-3H2,1H3,(H,13,14). The molecule has 5 nitrogen and oxygen atoms in total. The van der Waals surface area contributed by atoms with Crippen molar-refractivity contribution in [3.8, 4) is 17.2 Å². The molecule has 0 bridgehead atoms. The van der Waals surface area contributed by atoms with Crippen LogP contribution in [0.1, 0.15) is 18.4 Å². The van der Waals surface area contributed by atoms with Crippen LogP contribution in [-0.2, 0) is 4.79 Å². The maximum atomic E-state index is 10.8. The third-order valence-corrected chi connectivity index (χ3v) is 2.53. The fraction of sp³-hybridized carbons (Fsp3) is 0.364. The molecule has 0 fully saturated rings. The van der Waals surface area contributed by atoms with E-state index in [1.165, 1.54) is 19.1 Å². The van der Waals surface area contributed by atoms with E-state index >= 15 is 0 Å². The number of hydrogen-bond donors (Lipinski definition) is 2. The lowest BCUT2D eigenvalue weighted by Gasteiger charge is -2.20. The molecule has 0 aromatic heterocycles. The molecule has 1 aromatic rings. The molecule has 1 aliphatic heterocycles. The minimum Gasteiger partial charge on any atom is -0.507 e. The lowest BCUT2D eigenvalue weighted by molar-refractivity contribution is -0.138. The Balaban J connectivity index is 2.43. The maximum absolute atomic E-state index is 10.8. The summed E-state index contributed by atoms with van der Waals surface area (Å²) in [4.78, 5) is 10.8. The first-order valence-electron chi connectivity index (χ1n) is 4.95. The van der Waals surface area contributed by atoms with Crippen LogP contribution >= 0.6 is 0 Å². The third kappa shape index (κ3) is 1.76. The zero-order chi connectivity index (χ0) is 11.7. The van der Waals surface area contributed by atoms with Gasteiger partial charge in [0.15, 0.2) is 11.5 Å². The van der Waals surface area contributed by atoms with Crippen LogP contribution in [-0.4, -0.2) is 29.4 Å². The van der Waals surface area contributed by atoms with Gasteiger partial charge in [0.1, 0.15) is 19.0 Å². The van der Waals surface area contributed by atoms with Gasteiger partial charge in [-0.1, -0.05) is 0 Å². The topological polar surface area (TPSA) is 76.0 Å². The second-order valence-electron chi connectivity index (χ2n) is 3.61. The van der Waals surface area contributed by atoms with Crippen LogP contribution in [0, 0.1) is 0 Å². The first-order valence-corrected chi connectivity index (χ1v) is 4.95. The Hall–Kier alpha value is -1.91. The van der Waals surface area contributed by atoms with E-state index in [0.29, 0.717) is 30.3 Å². The molecule has 0 aliphatic carbocycles. The molecule has 0 spiro atoms. The molecule has 2 N–H and O–H groups in total. The molecule has 1 atom stereocenters. The quantitative estimate of drug-likeness (QED) is 0.793. The highest BCUT2D eigenvalue weighted by molar-refractivity contribution is 5.77. The number of carboxylic acid groups (broad SMARTS) is 1. The first kappa shape index (κ1) is 10.6. The van der Waals surface area contributed by atoms with Gasteiger partial charge in [-0.05, 0) is 13.0 Å². The summed E-state index contributed by atoms with van der Waals surface area (Å²) < 4.78 is 10.6. The van der Waals surface area contributed by atoms with Crippen LogP contribution < -0.4 is 9.47 Å². The molecule has 1 aromatic carbocycles. The van der Waals surface area contributed by atoms with Gasteiger partial charge in [-0.15, -0.1) is 0 Å². The van der Waals surface area contributed by atoms with Gasteiger partial charge in [0.2, 0.25) is 0 Å². The number of aromatic hydroxyl groups is 1. The smallest absolute Gasteiger partial charge is 0.310 e. The minimum absolute atomic E-state index is 0.0841. The van der Waals surface area contributed by atoms with E-state index < -0.39 is 11.9 Å². The molecule has 1 heterocycles. The average molecular weight is 224 g/mol. The van der Waals surface area contributed by atoms with E-state index in [4.69, 9.17) is 14.6 Å². The summed E-state index contributed by atoms with van der Waals surface area (Å²) in [7, 11) is 0. The molecule has 0 amide bonds. The molecule has 86 valence electrons. The summed E-state index contributed by atoms with van der Waals surface area (Å²) >= 11 is 0. The zero-order valence-corrected chi connectivity index (χ0v) is 8.77. The van der Waals surface area contributed by atoms with E-state index in [9.17, 15) is 9.90 Å². The summed E-state index contributed by atoms with van der Waals surface area (Å²) in [5.74, 6) is -0.931. The minimum atomic E-state index is -0.994. The van der Waals surface area contributed by atoms with E-state index in [1.54, 1.807) is 0 Å². The Labute approximate surface area is 92.2 Å². The Morgan fingerprint density at radius 3 is 2.44 bits per heavy atom. The predicted octanol–water partition coefficient (Wildman–Crippen LogP) is 1.35. The van der Waals surface area contributed by atoms with Crippen molar-refractivity contribution < 1.29 is 24.5 Å². The normalized spacial score (nSPS) is 15.6. The second kappa shape index (κ2) is 3.92. The van der Waals surface area contributed by atoms with E-state index in [-0.39, 0.29) is 5.75 Å². The summed E-state index contributed by atoms with van der Waals surface area (Å²) in [5.41, 5.74) is 0.330. The summed E-state index contributed by atoms with van der Waals surface area (Å²) in [6, 6.07) is 2.91. The Bertz CT molecular complexity index is 427. The maximum Gasteiger partial charge on any atom is 0.310 e. The van der Waals surface area contributed by atoms with Crippen molar-refractivity contribution in [2.24, 2.45) is 0 Å². The molecule has 1 unspecified atom stereocenters. The van der Waals surface area contributed by atoms with Crippen LogP contribution in [0.5, 0.6) is 17.2 Å². The molecule has 0 radical (unpaired) electrons. The van der Waals surface area contributed by atoms with Crippen LogP contribution in [0.25, 0.3) is 0 Å². The number of hydrogen-bond acceptors (Lipinski definition) is 4. The van der Waals surface area contributed by atoms with E-state index in [1.807, 2.05) is 0 Å². The number of benzene rings is 1. The summed E-state index contributed by atoms with van der Waals surface area (Å²) in [5, 5.41) is 18.6. The van der Waals surface area contributed by atoms with Crippen molar-refractivity contribution in [1.29, 1.82) is 0 Å². The molecule has 2 rings (SSSR count). The van der Waals surface area contributed by atoms with Gasteiger partial charge >= 0.3 is 5.97 Å². The van der Waals surface area contributed by atoms with Crippen molar-refractivity contribution in [1.82, 2.24) is 0 Å². The van der Waals surface area contributed by atoms with Gasteiger partial charge in [-0.25, -0.2) is 0 Å². The van der Waals surface area contributed by atoms with Crippen molar-refractivity contribution in [3.05, 3.63) is 17.7 Å². The molecule has 16 heavy (non-hydrogen) atoms. The number of carbonyl (C=O) groups is 1. The average Bonchev–Trinajstić information content (AvgIpc) is 2.27. The fourth-order valence-electron chi connectivity index (χ4n) is 1.57. The van der Waals surface area contributed by atoms with Crippen molar-refractivity contribution >= 4 is 5.97 Å². The lowest BCUT2D eigenvalue weighted by Crippen LogP contribution is -2.16. The van der Waals surface area contributed by atoms with Gasteiger partial charge < -0.3 is 19.7 Å². The largest absolute Gasteiger partial charge is 0.507 e. The van der Waals surface area contributed by atoms with Crippen molar-refractivity contribution in [3.63, 3.8) is 0 Å². The lowest BCUT2D eigenvalue weighted by atomic mass is 9.99. The number of rotatable bonds is 2. The number of fused-ring (bicyclic) bond motifs is 1. The first-order chi connectivity index (χ1) is 7.59. The van der Waals surface area contributed by atoms with Crippen LogP contribution in [0.4, 0.5) is 0 Å². The van der Waals surface area contributed by atoms with E-state index in [0.717, 1.165) is 0 Å². The molecule has 1 aliphatic rings. The monoisotopic (exact) mass is 224 g/mol. The van der Waals surface area contributed by atoms with Gasteiger partial charge in [0, 0.05) is 11.6 Å². The van der Waals surface area contributed by atoms with Gasteiger partial charge in [-0.3, -0.25) is 4.79 Å². The van der Waals surface area contributed by atoms with Gasteiger partial charge in [-0.2, -0.15) is 0 Å². The van der Waals surface area contributed by atoms with Crippen LogP contribution in [0.3, 0.4) is 0 Å². The van der Waals surface area contributed by atoms with Crippen LogP contribution in [0.15, 0.2) is 12.1 Å². The highest BCUT2D eigenvalue weighted by Gasteiger charge is 2.22. The number of carboxylic acids is 1. The van der Waals surface area contributed by atoms with Gasteiger partial charge in [0.25, 0.3) is 0 Å². The van der Waals surface area contributed by atoms with Crippen LogP contribution in [0.2, 0.25) is 0 Å². The summed E-state index contributed by atoms with van der Waals surface area (Å²) in [6.07, 6.45) is 0. The van der Waals surface area contributed by atoms with E-state index in [2.05, 4.69) is 0 Å². The molecule has 0 saturated carbocycles. The number of phenols is 1. The highest BCUT2D eigenvalue weighted by Crippen LogP contribution is 2.39. The number of aliphatic carboxylic acids is 1. The Morgan fingerprint density at radius 2 is 1.88 bits per heavy atom. The predicted molar refractivity (Wildman–Crippen MR) is 55.1 cm³/mol. The summed E-state index contributed by atoms with van der Waals surface area (Å²) in [6.45, 7) is 2.37. The fourth-order valence-corrected chi connectivity index (χ4v) is 1.57. The third-order valence-electron chi connectivity index (χ3n) is 2.53.